The van der Waals surface area contributed by atoms with E-state index in [0.29, 0.717) is 36.1 Å². The second kappa shape index (κ2) is 9.40. The lowest BCUT2D eigenvalue weighted by Crippen LogP contribution is -2.45. The zero-order valence-corrected chi connectivity index (χ0v) is 19.1. The second-order valence-electron chi connectivity index (χ2n) is 7.73. The molecule has 0 bridgehead atoms. The maximum absolute atomic E-state index is 13.0. The standard InChI is InChI=1S/C22H23ClN4O4S/c1-26(15-20-24-21(25-31-20)16-9-11-18(23)12-10-16)22(28)17-6-5-13-27(14-17)32(29,30)19-7-3-2-4-8-19/h2-4,7-12,17H,5-6,13-15H2,1H3/t17-/m0/s1. The zero-order valence-electron chi connectivity index (χ0n) is 17.5. The van der Waals surface area contributed by atoms with Crippen LogP contribution in [0.1, 0.15) is 18.7 Å². The van der Waals surface area contributed by atoms with E-state index in [1.165, 1.54) is 9.21 Å². The first-order chi connectivity index (χ1) is 15.3. The summed E-state index contributed by atoms with van der Waals surface area (Å²) in [5.41, 5.74) is 0.757. The Balaban J connectivity index is 1.41. The molecule has 0 radical (unpaired) electrons. The molecule has 1 saturated heterocycles. The number of aromatic nitrogens is 2. The van der Waals surface area contributed by atoms with Crippen molar-refractivity contribution in [1.82, 2.24) is 19.3 Å². The van der Waals surface area contributed by atoms with Gasteiger partial charge in [-0.3, -0.25) is 4.79 Å². The fourth-order valence-corrected chi connectivity index (χ4v) is 5.40. The molecule has 32 heavy (non-hydrogen) atoms. The summed E-state index contributed by atoms with van der Waals surface area (Å²) in [5, 5.41) is 4.57. The van der Waals surface area contributed by atoms with Crippen LogP contribution in [0, 0.1) is 5.92 Å². The van der Waals surface area contributed by atoms with Crippen LogP contribution in [0.2, 0.25) is 5.02 Å². The summed E-state index contributed by atoms with van der Waals surface area (Å²) in [6.07, 6.45) is 1.25. The molecule has 1 amide bonds. The van der Waals surface area contributed by atoms with E-state index in [0.717, 1.165) is 5.56 Å². The van der Waals surface area contributed by atoms with Crippen molar-refractivity contribution < 1.29 is 17.7 Å². The van der Waals surface area contributed by atoms with E-state index in [-0.39, 0.29) is 23.9 Å². The highest BCUT2D eigenvalue weighted by Gasteiger charge is 2.34. The van der Waals surface area contributed by atoms with Crippen LogP contribution in [0.3, 0.4) is 0 Å². The van der Waals surface area contributed by atoms with E-state index in [1.54, 1.807) is 61.6 Å². The van der Waals surface area contributed by atoms with Gasteiger partial charge in [-0.2, -0.15) is 9.29 Å². The molecular weight excluding hydrogens is 452 g/mol. The van der Waals surface area contributed by atoms with Crippen LogP contribution in [0.15, 0.2) is 64.0 Å². The van der Waals surface area contributed by atoms with E-state index < -0.39 is 15.9 Å². The first-order valence-electron chi connectivity index (χ1n) is 10.2. The van der Waals surface area contributed by atoms with Gasteiger partial charge in [-0.1, -0.05) is 35.0 Å². The number of halogens is 1. The Bertz CT molecular complexity index is 1180. The zero-order chi connectivity index (χ0) is 22.7. The maximum atomic E-state index is 13.0. The number of amides is 1. The summed E-state index contributed by atoms with van der Waals surface area (Å²) < 4.78 is 32.6. The third-order valence-corrected chi connectivity index (χ3v) is 7.56. The molecule has 1 aliphatic heterocycles. The Morgan fingerprint density at radius 3 is 2.62 bits per heavy atom. The average Bonchev–Trinajstić information content (AvgIpc) is 3.28. The Labute approximate surface area is 191 Å². The van der Waals surface area contributed by atoms with Crippen LogP contribution in [-0.2, 0) is 21.4 Å². The van der Waals surface area contributed by atoms with Crippen LogP contribution in [0.25, 0.3) is 11.4 Å². The Kier molecular flexibility index (Phi) is 6.59. The number of rotatable bonds is 6. The third-order valence-electron chi connectivity index (χ3n) is 5.43. The summed E-state index contributed by atoms with van der Waals surface area (Å²) in [7, 11) is -1.98. The molecule has 2 heterocycles. The van der Waals surface area contributed by atoms with E-state index in [9.17, 15) is 13.2 Å². The van der Waals surface area contributed by atoms with Crippen molar-refractivity contribution in [3.05, 3.63) is 65.5 Å². The van der Waals surface area contributed by atoms with Gasteiger partial charge in [0.15, 0.2) is 0 Å². The van der Waals surface area contributed by atoms with Crippen LogP contribution < -0.4 is 0 Å². The summed E-state index contributed by atoms with van der Waals surface area (Å²) >= 11 is 5.91. The summed E-state index contributed by atoms with van der Waals surface area (Å²) in [6, 6.07) is 15.3. The molecule has 0 unspecified atom stereocenters. The van der Waals surface area contributed by atoms with E-state index in [1.807, 2.05) is 0 Å². The maximum Gasteiger partial charge on any atom is 0.246 e. The van der Waals surface area contributed by atoms with Gasteiger partial charge in [-0.25, -0.2) is 8.42 Å². The Morgan fingerprint density at radius 1 is 1.19 bits per heavy atom. The highest BCUT2D eigenvalue weighted by Crippen LogP contribution is 2.25. The summed E-state index contributed by atoms with van der Waals surface area (Å²) in [6.45, 7) is 0.695. The van der Waals surface area contributed by atoms with E-state index in [4.69, 9.17) is 16.1 Å². The van der Waals surface area contributed by atoms with Crippen molar-refractivity contribution in [3.8, 4) is 11.4 Å². The van der Waals surface area contributed by atoms with Crippen molar-refractivity contribution >= 4 is 27.5 Å². The van der Waals surface area contributed by atoms with Gasteiger partial charge in [0.2, 0.25) is 27.6 Å². The van der Waals surface area contributed by atoms with Gasteiger partial charge in [0, 0.05) is 30.7 Å². The monoisotopic (exact) mass is 474 g/mol. The minimum absolute atomic E-state index is 0.140. The predicted octanol–water partition coefficient (Wildman–Crippen LogP) is 3.45. The van der Waals surface area contributed by atoms with Crippen molar-refractivity contribution in [2.75, 3.05) is 20.1 Å². The summed E-state index contributed by atoms with van der Waals surface area (Å²) in [5.74, 6) is 0.140. The van der Waals surface area contributed by atoms with Gasteiger partial charge in [-0.15, -0.1) is 0 Å². The lowest BCUT2D eigenvalue weighted by molar-refractivity contribution is -0.136. The van der Waals surface area contributed by atoms with Crippen LogP contribution in [0.4, 0.5) is 0 Å². The van der Waals surface area contributed by atoms with Gasteiger partial charge in [-0.05, 0) is 49.2 Å². The molecular formula is C22H23ClN4O4S. The predicted molar refractivity (Wildman–Crippen MR) is 119 cm³/mol. The number of carbonyl (C=O) groups excluding carboxylic acids is 1. The molecule has 1 fully saturated rings. The smallest absolute Gasteiger partial charge is 0.246 e. The molecule has 1 atom stereocenters. The quantitative estimate of drug-likeness (QED) is 0.542. The molecule has 0 saturated carbocycles. The number of benzene rings is 2. The molecule has 8 nitrogen and oxygen atoms in total. The molecule has 3 aromatic rings. The van der Waals surface area contributed by atoms with Gasteiger partial charge in [0.05, 0.1) is 17.4 Å². The number of nitrogens with zero attached hydrogens (tertiary/aromatic N) is 4. The first-order valence-corrected chi connectivity index (χ1v) is 12.0. The minimum atomic E-state index is -3.63. The fraction of sp³-hybridized carbons (Fsp3) is 0.318. The number of hydrogen-bond donors (Lipinski definition) is 0. The Morgan fingerprint density at radius 2 is 1.91 bits per heavy atom. The highest BCUT2D eigenvalue weighted by molar-refractivity contribution is 7.89. The van der Waals surface area contributed by atoms with E-state index in [2.05, 4.69) is 10.1 Å². The molecule has 0 N–H and O–H groups in total. The van der Waals surface area contributed by atoms with Gasteiger partial charge >= 0.3 is 0 Å². The van der Waals surface area contributed by atoms with Crippen molar-refractivity contribution in [1.29, 1.82) is 0 Å². The molecule has 10 heteroatoms. The lowest BCUT2D eigenvalue weighted by Gasteiger charge is -2.33. The first kappa shape index (κ1) is 22.4. The molecule has 0 aliphatic carbocycles. The third kappa shape index (κ3) is 4.85. The number of carbonyl (C=O) groups is 1. The second-order valence-corrected chi connectivity index (χ2v) is 10.1. The molecule has 2 aromatic carbocycles. The van der Waals surface area contributed by atoms with Crippen molar-refractivity contribution in [2.45, 2.75) is 24.3 Å². The van der Waals surface area contributed by atoms with Crippen molar-refractivity contribution in [2.24, 2.45) is 5.92 Å². The molecule has 4 rings (SSSR count). The summed E-state index contributed by atoms with van der Waals surface area (Å²) in [4.78, 5) is 19.1. The molecule has 1 aliphatic rings. The number of sulfonamides is 1. The van der Waals surface area contributed by atoms with E-state index >= 15 is 0 Å². The fourth-order valence-electron chi connectivity index (χ4n) is 3.73. The topological polar surface area (TPSA) is 96.6 Å². The highest BCUT2D eigenvalue weighted by atomic mass is 35.5. The number of hydrogen-bond acceptors (Lipinski definition) is 6. The lowest BCUT2D eigenvalue weighted by atomic mass is 9.98. The molecule has 1 aromatic heterocycles. The van der Waals surface area contributed by atoms with Crippen LogP contribution in [0.5, 0.6) is 0 Å². The molecule has 168 valence electrons. The normalized spacial score (nSPS) is 17.2. The Hall–Kier alpha value is -2.75. The van der Waals surface area contributed by atoms with Crippen LogP contribution >= 0.6 is 11.6 Å². The van der Waals surface area contributed by atoms with Gasteiger partial charge < -0.3 is 9.42 Å². The average molecular weight is 475 g/mol. The minimum Gasteiger partial charge on any atom is -0.337 e. The largest absolute Gasteiger partial charge is 0.337 e. The van der Waals surface area contributed by atoms with Gasteiger partial charge in [0.25, 0.3) is 0 Å². The molecule has 0 spiro atoms. The SMILES string of the molecule is CN(Cc1nc(-c2ccc(Cl)cc2)no1)C(=O)[C@H]1CCCN(S(=O)(=O)c2ccccc2)C1. The van der Waals surface area contributed by atoms with Gasteiger partial charge in [0.1, 0.15) is 0 Å². The van der Waals surface area contributed by atoms with Crippen LogP contribution in [-0.4, -0.2) is 53.8 Å². The number of piperidine rings is 1. The van der Waals surface area contributed by atoms with Crippen molar-refractivity contribution in [3.63, 3.8) is 0 Å².